The molecular weight excluding hydrogens is 445 g/mol. The number of hydrogen-bond donors (Lipinski definition) is 0. The molecule has 3 aromatic rings. The molecule has 0 unspecified atom stereocenters. The molecule has 0 radical (unpaired) electrons. The third-order valence-electron chi connectivity index (χ3n) is 6.02. The Balaban J connectivity index is 1.46. The first-order valence-corrected chi connectivity index (χ1v) is 12.2. The number of carbonyl (C=O) groups excluding carboxylic acids is 1. The fraction of sp³-hybridized carbons (Fsp3) is 0.345. The summed E-state index contributed by atoms with van der Waals surface area (Å²) in [5, 5.41) is 0. The average Bonchev–Trinajstić information content (AvgIpc) is 2.86. The Morgan fingerprint density at radius 3 is 2.71 bits per heavy atom. The van der Waals surface area contributed by atoms with Gasteiger partial charge in [-0.1, -0.05) is 49.4 Å². The number of benzene rings is 3. The minimum Gasteiger partial charge on any atom is -0.493 e. The van der Waals surface area contributed by atoms with Crippen molar-refractivity contribution in [2.45, 2.75) is 32.7 Å². The van der Waals surface area contributed by atoms with E-state index in [-0.39, 0.29) is 24.8 Å². The third-order valence-corrected chi connectivity index (χ3v) is 6.02. The molecule has 1 heterocycles. The number of hydrogen-bond acceptors (Lipinski definition) is 4. The van der Waals surface area contributed by atoms with Gasteiger partial charge in [0, 0.05) is 25.6 Å². The Hall–Kier alpha value is -3.38. The van der Waals surface area contributed by atoms with Crippen LogP contribution in [0.2, 0.25) is 0 Å². The zero-order valence-electron chi connectivity index (χ0n) is 20.2. The molecule has 35 heavy (non-hydrogen) atoms. The Bertz CT molecular complexity index is 1130. The van der Waals surface area contributed by atoms with E-state index in [2.05, 4.69) is 37.3 Å². The normalized spacial score (nSPS) is 14.4. The van der Waals surface area contributed by atoms with E-state index in [1.165, 1.54) is 23.3 Å². The molecule has 0 spiro atoms. The molecule has 1 aliphatic rings. The quantitative estimate of drug-likeness (QED) is 0.508. The van der Waals surface area contributed by atoms with Crippen molar-refractivity contribution in [2.75, 3.05) is 33.0 Å². The standard InChI is InChI=1S/C29H32FNO4/c1-2-22-9-10-28-25(18-22)19-23-5-3-6-24(17-23)21-31(12-14-33-15-16-35-28)29(32)11-13-34-27-8-4-7-26(30)20-27/h3-10,17-18,20H,2,11-16,19,21H2,1H3. The van der Waals surface area contributed by atoms with E-state index in [1.807, 2.05) is 12.1 Å². The maximum Gasteiger partial charge on any atom is 0.226 e. The van der Waals surface area contributed by atoms with Crippen molar-refractivity contribution in [2.24, 2.45) is 0 Å². The van der Waals surface area contributed by atoms with Gasteiger partial charge >= 0.3 is 0 Å². The number of nitrogens with zero attached hydrogens (tertiary/aromatic N) is 1. The number of halogens is 1. The van der Waals surface area contributed by atoms with Crippen LogP contribution in [0.4, 0.5) is 4.39 Å². The maximum atomic E-state index is 13.4. The number of rotatable bonds is 5. The van der Waals surface area contributed by atoms with Gasteiger partial charge in [0.05, 0.1) is 26.2 Å². The van der Waals surface area contributed by atoms with E-state index < -0.39 is 0 Å². The fourth-order valence-electron chi connectivity index (χ4n) is 4.16. The molecule has 3 aromatic carbocycles. The Morgan fingerprint density at radius 2 is 1.86 bits per heavy atom. The van der Waals surface area contributed by atoms with Crippen molar-refractivity contribution in [1.29, 1.82) is 0 Å². The van der Waals surface area contributed by atoms with Crippen molar-refractivity contribution in [3.05, 3.63) is 94.8 Å². The van der Waals surface area contributed by atoms with Crippen LogP contribution in [0.1, 0.15) is 35.6 Å². The second-order valence-corrected chi connectivity index (χ2v) is 8.62. The molecule has 0 atom stereocenters. The first kappa shape index (κ1) is 24.7. The molecule has 2 bridgehead atoms. The van der Waals surface area contributed by atoms with Crippen LogP contribution in [0, 0.1) is 5.82 Å². The van der Waals surface area contributed by atoms with E-state index in [0.717, 1.165) is 29.7 Å². The van der Waals surface area contributed by atoms with Gasteiger partial charge in [-0.3, -0.25) is 4.79 Å². The maximum absolute atomic E-state index is 13.4. The Kier molecular flexibility index (Phi) is 8.74. The van der Waals surface area contributed by atoms with Crippen molar-refractivity contribution in [1.82, 2.24) is 4.90 Å². The summed E-state index contributed by atoms with van der Waals surface area (Å²) in [4.78, 5) is 14.8. The molecule has 0 aliphatic carbocycles. The molecular formula is C29H32FNO4. The molecule has 1 amide bonds. The molecule has 0 aromatic heterocycles. The van der Waals surface area contributed by atoms with Crippen LogP contribution in [-0.4, -0.2) is 43.8 Å². The first-order valence-electron chi connectivity index (χ1n) is 12.2. The predicted octanol–water partition coefficient (Wildman–Crippen LogP) is 5.19. The molecule has 0 fully saturated rings. The van der Waals surface area contributed by atoms with Gasteiger partial charge in [-0.05, 0) is 46.9 Å². The van der Waals surface area contributed by atoms with Gasteiger partial charge in [0.15, 0.2) is 0 Å². The lowest BCUT2D eigenvalue weighted by atomic mass is 9.99. The van der Waals surface area contributed by atoms with Gasteiger partial charge in [0.25, 0.3) is 0 Å². The van der Waals surface area contributed by atoms with Crippen LogP contribution in [0.25, 0.3) is 0 Å². The summed E-state index contributed by atoms with van der Waals surface area (Å²) in [6.45, 7) is 4.62. The minimum atomic E-state index is -0.363. The molecule has 184 valence electrons. The summed E-state index contributed by atoms with van der Waals surface area (Å²) in [7, 11) is 0. The van der Waals surface area contributed by atoms with E-state index in [0.29, 0.717) is 38.7 Å². The summed E-state index contributed by atoms with van der Waals surface area (Å²) in [5.74, 6) is 0.916. The predicted molar refractivity (Wildman–Crippen MR) is 133 cm³/mol. The van der Waals surface area contributed by atoms with Crippen molar-refractivity contribution < 1.29 is 23.4 Å². The Labute approximate surface area is 206 Å². The van der Waals surface area contributed by atoms with Crippen LogP contribution < -0.4 is 9.47 Å². The molecule has 5 nitrogen and oxygen atoms in total. The van der Waals surface area contributed by atoms with Gasteiger partial charge < -0.3 is 19.1 Å². The number of fused-ring (bicyclic) bond motifs is 3. The monoisotopic (exact) mass is 477 g/mol. The summed E-state index contributed by atoms with van der Waals surface area (Å²) >= 11 is 0. The summed E-state index contributed by atoms with van der Waals surface area (Å²) in [5.41, 5.74) is 4.67. The third kappa shape index (κ3) is 7.30. The first-order chi connectivity index (χ1) is 17.1. The largest absolute Gasteiger partial charge is 0.493 e. The van der Waals surface area contributed by atoms with Crippen molar-refractivity contribution in [3.63, 3.8) is 0 Å². The van der Waals surface area contributed by atoms with Gasteiger partial charge in [0.1, 0.15) is 23.9 Å². The van der Waals surface area contributed by atoms with Crippen LogP contribution in [0.3, 0.4) is 0 Å². The lowest BCUT2D eigenvalue weighted by molar-refractivity contribution is -0.133. The van der Waals surface area contributed by atoms with Gasteiger partial charge in [-0.25, -0.2) is 4.39 Å². The van der Waals surface area contributed by atoms with Gasteiger partial charge in [-0.15, -0.1) is 0 Å². The fourth-order valence-corrected chi connectivity index (χ4v) is 4.16. The summed E-state index contributed by atoms with van der Waals surface area (Å²) in [6.07, 6.45) is 1.93. The van der Waals surface area contributed by atoms with Gasteiger partial charge in [-0.2, -0.15) is 0 Å². The van der Waals surface area contributed by atoms with E-state index in [9.17, 15) is 9.18 Å². The highest BCUT2D eigenvalue weighted by molar-refractivity contribution is 5.76. The zero-order chi connectivity index (χ0) is 24.5. The topological polar surface area (TPSA) is 48.0 Å². The molecule has 1 aliphatic heterocycles. The molecule has 0 N–H and O–H groups in total. The molecule has 0 saturated carbocycles. The summed E-state index contributed by atoms with van der Waals surface area (Å²) < 4.78 is 30.7. The van der Waals surface area contributed by atoms with Gasteiger partial charge in [0.2, 0.25) is 5.91 Å². The van der Waals surface area contributed by atoms with E-state index >= 15 is 0 Å². The second kappa shape index (κ2) is 12.4. The molecule has 0 saturated heterocycles. The van der Waals surface area contributed by atoms with Crippen molar-refractivity contribution in [3.8, 4) is 11.5 Å². The highest BCUT2D eigenvalue weighted by Gasteiger charge is 2.16. The highest BCUT2D eigenvalue weighted by atomic mass is 19.1. The minimum absolute atomic E-state index is 0.0308. The molecule has 4 rings (SSSR count). The number of ether oxygens (including phenoxy) is 3. The van der Waals surface area contributed by atoms with Crippen molar-refractivity contribution >= 4 is 5.91 Å². The SMILES string of the molecule is CCc1ccc2c(c1)Cc1cccc(c1)CN(C(=O)CCOc1cccc(F)c1)CCOCCO2. The number of aryl methyl sites for hydroxylation is 1. The van der Waals surface area contributed by atoms with Crippen LogP contribution in [-0.2, 0) is 28.9 Å². The summed E-state index contributed by atoms with van der Waals surface area (Å²) in [6, 6.07) is 20.7. The number of amides is 1. The van der Waals surface area contributed by atoms with E-state index in [1.54, 1.807) is 17.0 Å². The smallest absolute Gasteiger partial charge is 0.226 e. The number of carbonyl (C=O) groups is 1. The van der Waals surface area contributed by atoms with Crippen LogP contribution in [0.15, 0.2) is 66.7 Å². The lowest BCUT2D eigenvalue weighted by Gasteiger charge is -2.24. The highest BCUT2D eigenvalue weighted by Crippen LogP contribution is 2.25. The Morgan fingerprint density at radius 1 is 1.00 bits per heavy atom. The zero-order valence-corrected chi connectivity index (χ0v) is 20.2. The second-order valence-electron chi connectivity index (χ2n) is 8.62. The van der Waals surface area contributed by atoms with Crippen LogP contribution in [0.5, 0.6) is 11.5 Å². The van der Waals surface area contributed by atoms with E-state index in [4.69, 9.17) is 14.2 Å². The average molecular weight is 478 g/mol. The lowest BCUT2D eigenvalue weighted by Crippen LogP contribution is -2.34. The molecule has 6 heteroatoms. The van der Waals surface area contributed by atoms with Crippen LogP contribution >= 0.6 is 0 Å².